The first-order valence-electron chi connectivity index (χ1n) is 5.38. The molecule has 1 aromatic heterocycles. The number of anilines is 1. The van der Waals surface area contributed by atoms with Crippen LogP contribution in [-0.2, 0) is 6.42 Å². The number of nitrogens with one attached hydrogen (secondary N) is 2. The molecule has 0 aliphatic carbocycles. The van der Waals surface area contributed by atoms with E-state index in [4.69, 9.17) is 0 Å². The number of nitrogens with zero attached hydrogens (tertiary/aromatic N) is 2. The lowest BCUT2D eigenvalue weighted by Gasteiger charge is -2.06. The van der Waals surface area contributed by atoms with Crippen LogP contribution in [0.25, 0.3) is 0 Å². The summed E-state index contributed by atoms with van der Waals surface area (Å²) in [5, 5.41) is 8.31. The highest BCUT2D eigenvalue weighted by Gasteiger charge is 2.17. The number of rotatable bonds is 3. The molecular weight excluding hydrogens is 322 g/mol. The minimum Gasteiger partial charge on any atom is -0.314 e. The van der Waals surface area contributed by atoms with E-state index >= 15 is 0 Å². The highest BCUT2D eigenvalue weighted by molar-refractivity contribution is 9.10. The Bertz CT molecular complexity index is 606. The van der Waals surface area contributed by atoms with Gasteiger partial charge in [-0.2, -0.15) is 0 Å². The zero-order valence-electron chi connectivity index (χ0n) is 9.80. The van der Waals surface area contributed by atoms with E-state index in [1.807, 2.05) is 6.92 Å². The number of carbonyl (C=O) groups excluding carboxylic acids is 1. The average molecular weight is 331 g/mol. The number of H-pyrrole nitrogens is 1. The van der Waals surface area contributed by atoms with Crippen molar-refractivity contribution in [3.05, 3.63) is 39.9 Å². The molecule has 0 saturated carbocycles. The Morgan fingerprint density at radius 2 is 2.05 bits per heavy atom. The third-order valence-corrected chi connectivity index (χ3v) is 2.77. The van der Waals surface area contributed by atoms with Crippen molar-refractivity contribution in [2.24, 2.45) is 0 Å². The molecule has 0 saturated heterocycles. The van der Waals surface area contributed by atoms with Gasteiger partial charge in [0.15, 0.2) is 11.6 Å². The topological polar surface area (TPSA) is 70.7 Å². The van der Waals surface area contributed by atoms with E-state index in [9.17, 15) is 13.6 Å². The minimum atomic E-state index is -0.883. The summed E-state index contributed by atoms with van der Waals surface area (Å²) in [5.41, 5.74) is -0.531. The van der Waals surface area contributed by atoms with Gasteiger partial charge in [0.25, 0.3) is 5.91 Å². The number of aromatic amines is 1. The maximum Gasteiger partial charge on any atom is 0.295 e. The van der Waals surface area contributed by atoms with E-state index in [0.29, 0.717) is 12.2 Å². The van der Waals surface area contributed by atoms with E-state index in [1.165, 1.54) is 0 Å². The van der Waals surface area contributed by atoms with Crippen LogP contribution in [0.3, 0.4) is 0 Å². The zero-order chi connectivity index (χ0) is 14.0. The van der Waals surface area contributed by atoms with Crippen LogP contribution in [0.4, 0.5) is 14.5 Å². The van der Waals surface area contributed by atoms with Gasteiger partial charge in [-0.15, -0.1) is 5.10 Å². The molecular formula is C11H9BrF2N4O. The van der Waals surface area contributed by atoms with Crippen molar-refractivity contribution in [2.45, 2.75) is 13.3 Å². The molecule has 0 aliphatic rings. The molecule has 1 amide bonds. The highest BCUT2D eigenvalue weighted by atomic mass is 79.9. The normalized spacial score (nSPS) is 10.5. The first kappa shape index (κ1) is 13.6. The smallest absolute Gasteiger partial charge is 0.295 e. The van der Waals surface area contributed by atoms with Crippen LogP contribution >= 0.6 is 15.9 Å². The van der Waals surface area contributed by atoms with E-state index < -0.39 is 23.2 Å². The van der Waals surface area contributed by atoms with E-state index in [0.717, 1.165) is 12.1 Å². The molecule has 2 rings (SSSR count). The highest BCUT2D eigenvalue weighted by Crippen LogP contribution is 2.23. The molecule has 0 bridgehead atoms. The summed E-state index contributed by atoms with van der Waals surface area (Å²) < 4.78 is 27.3. The molecule has 0 unspecified atom stereocenters. The molecule has 5 nitrogen and oxygen atoms in total. The van der Waals surface area contributed by atoms with Crippen LogP contribution in [-0.4, -0.2) is 21.1 Å². The molecule has 2 N–H and O–H groups in total. The van der Waals surface area contributed by atoms with Crippen LogP contribution in [0.15, 0.2) is 16.6 Å². The van der Waals surface area contributed by atoms with Gasteiger partial charge in [-0.1, -0.05) is 22.9 Å². The third kappa shape index (κ3) is 2.95. The quantitative estimate of drug-likeness (QED) is 0.908. The maximum atomic E-state index is 13.5. The fourth-order valence-corrected chi connectivity index (χ4v) is 1.79. The largest absolute Gasteiger partial charge is 0.314 e. The third-order valence-electron chi connectivity index (χ3n) is 2.32. The van der Waals surface area contributed by atoms with Gasteiger partial charge < -0.3 is 5.32 Å². The molecule has 0 fully saturated rings. The number of aromatic nitrogens is 3. The molecule has 2 aromatic rings. The van der Waals surface area contributed by atoms with E-state index in [2.05, 4.69) is 36.4 Å². The number of benzene rings is 1. The molecule has 8 heteroatoms. The number of hydrogen-bond donors (Lipinski definition) is 2. The monoisotopic (exact) mass is 330 g/mol. The van der Waals surface area contributed by atoms with Gasteiger partial charge in [-0.25, -0.2) is 13.8 Å². The summed E-state index contributed by atoms with van der Waals surface area (Å²) in [6.45, 7) is 1.83. The summed E-state index contributed by atoms with van der Waals surface area (Å²) in [6, 6.07) is 2.10. The van der Waals surface area contributed by atoms with Crippen molar-refractivity contribution in [1.29, 1.82) is 0 Å². The predicted molar refractivity (Wildman–Crippen MR) is 67.8 cm³/mol. The number of aryl methyl sites for hydroxylation is 1. The van der Waals surface area contributed by atoms with Crippen LogP contribution in [0.1, 0.15) is 23.4 Å². The summed E-state index contributed by atoms with van der Waals surface area (Å²) in [4.78, 5) is 15.6. The van der Waals surface area contributed by atoms with Crippen molar-refractivity contribution in [3.63, 3.8) is 0 Å². The van der Waals surface area contributed by atoms with Crippen molar-refractivity contribution in [3.8, 4) is 0 Å². The number of hydrogen-bond acceptors (Lipinski definition) is 3. The Morgan fingerprint density at radius 3 is 2.58 bits per heavy atom. The zero-order valence-corrected chi connectivity index (χ0v) is 11.4. The first-order chi connectivity index (χ1) is 9.01. The summed E-state index contributed by atoms with van der Waals surface area (Å²) >= 11 is 2.95. The molecule has 0 spiro atoms. The van der Waals surface area contributed by atoms with Crippen LogP contribution in [0.5, 0.6) is 0 Å². The second-order valence-corrected chi connectivity index (χ2v) is 4.57. The number of halogens is 3. The number of carbonyl (C=O) groups is 1. The lowest BCUT2D eigenvalue weighted by atomic mass is 10.3. The first-order valence-corrected chi connectivity index (χ1v) is 6.17. The molecule has 0 radical (unpaired) electrons. The summed E-state index contributed by atoms with van der Waals surface area (Å²) in [7, 11) is 0. The molecule has 100 valence electrons. The molecule has 0 aliphatic heterocycles. The maximum absolute atomic E-state index is 13.5. The molecule has 1 aromatic carbocycles. The van der Waals surface area contributed by atoms with Crippen LogP contribution in [0.2, 0.25) is 0 Å². The Hall–Kier alpha value is -1.83. The van der Waals surface area contributed by atoms with Gasteiger partial charge in [0.2, 0.25) is 5.82 Å². The standard InChI is InChI=1S/C11H9BrF2N4O/c1-2-8-15-10(18-17-8)11(19)16-9-6(13)3-5(12)4-7(9)14/h3-4H,2H2,1H3,(H,16,19)(H,15,17,18). The van der Waals surface area contributed by atoms with Crippen LogP contribution in [0, 0.1) is 11.6 Å². The van der Waals surface area contributed by atoms with E-state index in [1.54, 1.807) is 0 Å². The predicted octanol–water partition coefficient (Wildman–Crippen LogP) is 2.66. The lowest BCUT2D eigenvalue weighted by Crippen LogP contribution is -2.16. The van der Waals surface area contributed by atoms with Crippen molar-refractivity contribution in [1.82, 2.24) is 15.2 Å². The lowest BCUT2D eigenvalue weighted by molar-refractivity contribution is 0.101. The van der Waals surface area contributed by atoms with Crippen LogP contribution < -0.4 is 5.32 Å². The summed E-state index contributed by atoms with van der Waals surface area (Å²) in [6.07, 6.45) is 0.571. The van der Waals surface area contributed by atoms with Crippen molar-refractivity contribution >= 4 is 27.5 Å². The Kier molecular flexibility index (Phi) is 3.89. The minimum absolute atomic E-state index is 0.168. The van der Waals surface area contributed by atoms with Gasteiger partial charge in [-0.05, 0) is 12.1 Å². The molecule has 0 atom stereocenters. The van der Waals surface area contributed by atoms with Gasteiger partial charge in [0.1, 0.15) is 11.5 Å². The second-order valence-electron chi connectivity index (χ2n) is 3.66. The molecule has 1 heterocycles. The Labute approximate surface area is 115 Å². The summed E-state index contributed by atoms with van der Waals surface area (Å²) in [5.74, 6) is -2.20. The molecule has 19 heavy (non-hydrogen) atoms. The van der Waals surface area contributed by atoms with Crippen molar-refractivity contribution in [2.75, 3.05) is 5.32 Å². The van der Waals surface area contributed by atoms with Gasteiger partial charge in [0.05, 0.1) is 0 Å². The fraction of sp³-hybridized carbons (Fsp3) is 0.182. The second kappa shape index (κ2) is 5.43. The average Bonchev–Trinajstić information content (AvgIpc) is 2.82. The van der Waals surface area contributed by atoms with Gasteiger partial charge >= 0.3 is 0 Å². The fourth-order valence-electron chi connectivity index (χ4n) is 1.39. The van der Waals surface area contributed by atoms with Gasteiger partial charge in [0, 0.05) is 10.9 Å². The number of amides is 1. The van der Waals surface area contributed by atoms with Gasteiger partial charge in [-0.3, -0.25) is 9.89 Å². The van der Waals surface area contributed by atoms with E-state index in [-0.39, 0.29) is 10.3 Å². The van der Waals surface area contributed by atoms with Crippen molar-refractivity contribution < 1.29 is 13.6 Å². The SMILES string of the molecule is CCc1nc(C(=O)Nc2c(F)cc(Br)cc2F)n[nH]1. The Balaban J connectivity index is 2.24. The Morgan fingerprint density at radius 1 is 1.42 bits per heavy atom.